The third-order valence-corrected chi connectivity index (χ3v) is 3.36. The van der Waals surface area contributed by atoms with E-state index < -0.39 is 6.04 Å². The van der Waals surface area contributed by atoms with Gasteiger partial charge in [0.25, 0.3) is 0 Å². The third-order valence-electron chi connectivity index (χ3n) is 3.36. The third kappa shape index (κ3) is 3.63. The van der Waals surface area contributed by atoms with E-state index in [1.54, 1.807) is 12.1 Å². The highest BCUT2D eigenvalue weighted by atomic mass is 16.5. The smallest absolute Gasteiger partial charge is 0.327 e. The molecule has 1 aromatic carbocycles. The normalized spacial score (nSPS) is 15.7. The van der Waals surface area contributed by atoms with Gasteiger partial charge in [0, 0.05) is 0 Å². The Morgan fingerprint density at radius 3 is 2.85 bits per heavy atom. The van der Waals surface area contributed by atoms with Gasteiger partial charge >= 0.3 is 5.97 Å². The minimum absolute atomic E-state index is 0.0707. The first-order valence-corrected chi connectivity index (χ1v) is 6.92. The molecule has 1 unspecified atom stereocenters. The Morgan fingerprint density at radius 2 is 2.25 bits per heavy atom. The monoisotopic (exact) mass is 279 g/mol. The van der Waals surface area contributed by atoms with Gasteiger partial charge in [-0.1, -0.05) is 6.07 Å². The maximum atomic E-state index is 11.9. The highest BCUT2D eigenvalue weighted by molar-refractivity contribution is 5.77. The molecule has 2 N–H and O–H groups in total. The maximum absolute atomic E-state index is 11.9. The van der Waals surface area contributed by atoms with Crippen LogP contribution >= 0.6 is 0 Å². The Kier molecular flexibility index (Phi) is 4.84. The Morgan fingerprint density at radius 1 is 1.50 bits per heavy atom. The highest BCUT2D eigenvalue weighted by Gasteiger charge is 2.27. The lowest BCUT2D eigenvalue weighted by Crippen LogP contribution is -2.31. The fourth-order valence-corrected chi connectivity index (χ4v) is 2.04. The summed E-state index contributed by atoms with van der Waals surface area (Å²) in [6.45, 7) is 3.09. The van der Waals surface area contributed by atoms with E-state index in [1.807, 2.05) is 6.92 Å². The molecule has 0 saturated heterocycles. The van der Waals surface area contributed by atoms with Gasteiger partial charge < -0.3 is 19.9 Å². The summed E-state index contributed by atoms with van der Waals surface area (Å²) in [5, 5.41) is 12.9. The van der Waals surface area contributed by atoms with Crippen LogP contribution in [0.1, 0.15) is 31.4 Å². The molecule has 0 bridgehead atoms. The number of benzene rings is 1. The number of carbonyl (C=O) groups is 1. The summed E-state index contributed by atoms with van der Waals surface area (Å²) in [4.78, 5) is 11.9. The van der Waals surface area contributed by atoms with Crippen molar-refractivity contribution in [2.24, 2.45) is 5.92 Å². The van der Waals surface area contributed by atoms with Crippen LogP contribution in [-0.4, -0.2) is 31.3 Å². The van der Waals surface area contributed by atoms with Crippen molar-refractivity contribution in [3.05, 3.63) is 23.8 Å². The second kappa shape index (κ2) is 6.61. The van der Waals surface area contributed by atoms with E-state index in [1.165, 1.54) is 26.0 Å². The topological polar surface area (TPSA) is 67.8 Å². The number of rotatable bonds is 7. The number of phenols is 1. The number of phenolic OH excluding ortho intramolecular Hbond substituents is 1. The first-order valence-electron chi connectivity index (χ1n) is 6.92. The second-order valence-corrected chi connectivity index (χ2v) is 4.97. The first-order chi connectivity index (χ1) is 9.65. The van der Waals surface area contributed by atoms with Crippen molar-refractivity contribution in [1.29, 1.82) is 0 Å². The minimum Gasteiger partial charge on any atom is -0.504 e. The van der Waals surface area contributed by atoms with Gasteiger partial charge in [-0.3, -0.25) is 0 Å². The molecule has 5 nitrogen and oxygen atoms in total. The molecule has 0 aliphatic heterocycles. The molecule has 1 saturated carbocycles. The van der Waals surface area contributed by atoms with Crippen LogP contribution in [-0.2, 0) is 9.53 Å². The van der Waals surface area contributed by atoms with Crippen LogP contribution in [0.25, 0.3) is 0 Å². The number of methoxy groups -OCH3 is 1. The molecule has 2 rings (SSSR count). The molecule has 1 aromatic rings. The lowest BCUT2D eigenvalue weighted by molar-refractivity contribution is -0.143. The molecule has 1 fully saturated rings. The van der Waals surface area contributed by atoms with Gasteiger partial charge in [0.15, 0.2) is 11.5 Å². The SMILES string of the molecule is CCOc1cc(C(NCC2CC2)C(=O)OC)ccc1O. The van der Waals surface area contributed by atoms with Crippen LogP contribution in [0.3, 0.4) is 0 Å². The van der Waals surface area contributed by atoms with Crippen molar-refractivity contribution in [1.82, 2.24) is 5.32 Å². The second-order valence-electron chi connectivity index (χ2n) is 4.97. The molecule has 0 amide bonds. The fourth-order valence-electron chi connectivity index (χ4n) is 2.04. The molecule has 0 radical (unpaired) electrons. The van der Waals surface area contributed by atoms with Gasteiger partial charge in [0.2, 0.25) is 0 Å². The Labute approximate surface area is 118 Å². The van der Waals surface area contributed by atoms with E-state index in [4.69, 9.17) is 9.47 Å². The van der Waals surface area contributed by atoms with E-state index in [0.29, 0.717) is 18.3 Å². The van der Waals surface area contributed by atoms with E-state index in [9.17, 15) is 9.90 Å². The number of carbonyl (C=O) groups excluding carboxylic acids is 1. The van der Waals surface area contributed by atoms with E-state index >= 15 is 0 Å². The van der Waals surface area contributed by atoms with Crippen LogP contribution in [0.2, 0.25) is 0 Å². The average Bonchev–Trinajstić information content (AvgIpc) is 3.26. The van der Waals surface area contributed by atoms with Crippen molar-refractivity contribution < 1.29 is 19.4 Å². The lowest BCUT2D eigenvalue weighted by atomic mass is 10.1. The minimum atomic E-state index is -0.527. The van der Waals surface area contributed by atoms with Gasteiger partial charge in [-0.25, -0.2) is 4.79 Å². The molecule has 1 atom stereocenters. The van der Waals surface area contributed by atoms with E-state index in [-0.39, 0.29) is 11.7 Å². The van der Waals surface area contributed by atoms with Crippen molar-refractivity contribution in [2.75, 3.05) is 20.3 Å². The summed E-state index contributed by atoms with van der Waals surface area (Å²) >= 11 is 0. The van der Waals surface area contributed by atoms with Crippen LogP contribution < -0.4 is 10.1 Å². The maximum Gasteiger partial charge on any atom is 0.327 e. The van der Waals surface area contributed by atoms with Gasteiger partial charge in [-0.05, 0) is 49.9 Å². The van der Waals surface area contributed by atoms with Gasteiger partial charge in [0.05, 0.1) is 13.7 Å². The standard InChI is InChI=1S/C15H21NO4/c1-3-20-13-8-11(6-7-12(13)17)14(15(18)19-2)16-9-10-4-5-10/h6-8,10,14,16-17H,3-5,9H2,1-2H3. The van der Waals surface area contributed by atoms with E-state index in [2.05, 4.69) is 5.32 Å². The Hall–Kier alpha value is -1.75. The number of nitrogens with one attached hydrogen (secondary N) is 1. The summed E-state index contributed by atoms with van der Waals surface area (Å²) in [5.41, 5.74) is 0.735. The van der Waals surface area contributed by atoms with Crippen molar-refractivity contribution in [2.45, 2.75) is 25.8 Å². The van der Waals surface area contributed by atoms with Crippen LogP contribution in [0.4, 0.5) is 0 Å². The number of esters is 1. The summed E-state index contributed by atoms with van der Waals surface area (Å²) in [6, 6.07) is 4.40. The molecule has 0 aromatic heterocycles. The first kappa shape index (κ1) is 14.7. The summed E-state index contributed by atoms with van der Waals surface area (Å²) in [7, 11) is 1.37. The number of ether oxygens (including phenoxy) is 2. The Balaban J connectivity index is 2.17. The quantitative estimate of drug-likeness (QED) is 0.747. The fraction of sp³-hybridized carbons (Fsp3) is 0.533. The summed E-state index contributed by atoms with van der Waals surface area (Å²) in [6.07, 6.45) is 2.42. The Bertz CT molecular complexity index is 471. The van der Waals surface area contributed by atoms with E-state index in [0.717, 1.165) is 12.1 Å². The molecule has 110 valence electrons. The number of aromatic hydroxyl groups is 1. The predicted octanol–water partition coefficient (Wildman–Crippen LogP) is 2.00. The molecular formula is C15H21NO4. The van der Waals surface area contributed by atoms with Gasteiger partial charge in [-0.2, -0.15) is 0 Å². The highest BCUT2D eigenvalue weighted by Crippen LogP contribution is 2.31. The van der Waals surface area contributed by atoms with Gasteiger partial charge in [-0.15, -0.1) is 0 Å². The molecule has 5 heteroatoms. The van der Waals surface area contributed by atoms with Crippen LogP contribution in [0, 0.1) is 5.92 Å². The largest absolute Gasteiger partial charge is 0.504 e. The van der Waals surface area contributed by atoms with Crippen LogP contribution in [0.15, 0.2) is 18.2 Å². The molecule has 1 aliphatic carbocycles. The molecule has 20 heavy (non-hydrogen) atoms. The number of hydrogen-bond donors (Lipinski definition) is 2. The van der Waals surface area contributed by atoms with Crippen LogP contribution in [0.5, 0.6) is 11.5 Å². The van der Waals surface area contributed by atoms with Crippen molar-refractivity contribution in [3.63, 3.8) is 0 Å². The molecular weight excluding hydrogens is 258 g/mol. The zero-order chi connectivity index (χ0) is 14.5. The van der Waals surface area contributed by atoms with Crippen molar-refractivity contribution in [3.8, 4) is 11.5 Å². The van der Waals surface area contributed by atoms with Crippen molar-refractivity contribution >= 4 is 5.97 Å². The summed E-state index contributed by atoms with van der Waals surface area (Å²) in [5.74, 6) is 0.776. The number of hydrogen-bond acceptors (Lipinski definition) is 5. The lowest BCUT2D eigenvalue weighted by Gasteiger charge is -2.18. The predicted molar refractivity (Wildman–Crippen MR) is 74.8 cm³/mol. The van der Waals surface area contributed by atoms with Gasteiger partial charge in [0.1, 0.15) is 6.04 Å². The zero-order valence-electron chi connectivity index (χ0n) is 11.9. The summed E-state index contributed by atoms with van der Waals surface area (Å²) < 4.78 is 10.2. The molecule has 1 aliphatic rings. The average molecular weight is 279 g/mol. The zero-order valence-corrected chi connectivity index (χ0v) is 11.9. The molecule has 0 heterocycles. The molecule has 0 spiro atoms.